The van der Waals surface area contributed by atoms with Gasteiger partial charge in [0, 0.05) is 12.2 Å². The lowest BCUT2D eigenvalue weighted by Gasteiger charge is -2.26. The Hall–Kier alpha value is -4.60. The second kappa shape index (κ2) is 12.8. The predicted octanol–water partition coefficient (Wildman–Crippen LogP) is 3.71. The van der Waals surface area contributed by atoms with Crippen molar-refractivity contribution in [3.8, 4) is 17.2 Å². The van der Waals surface area contributed by atoms with Crippen molar-refractivity contribution < 1.29 is 33.0 Å². The highest BCUT2D eigenvalue weighted by molar-refractivity contribution is 5.99. The molecule has 1 fully saturated rings. The normalized spacial score (nSPS) is 15.3. The Morgan fingerprint density at radius 3 is 2.10 bits per heavy atom. The maximum atomic E-state index is 13.4. The van der Waals surface area contributed by atoms with Gasteiger partial charge in [0.05, 0.1) is 14.2 Å². The first-order chi connectivity index (χ1) is 18.9. The first-order valence-electron chi connectivity index (χ1n) is 12.4. The Labute approximate surface area is 225 Å². The molecule has 0 radical (unpaired) electrons. The minimum Gasteiger partial charge on any atom is -0.497 e. The van der Waals surface area contributed by atoms with Gasteiger partial charge in [-0.05, 0) is 79.1 Å². The van der Waals surface area contributed by atoms with Crippen LogP contribution in [0, 0.1) is 5.82 Å². The third-order valence-electron chi connectivity index (χ3n) is 6.41. The number of benzene rings is 3. The predicted molar refractivity (Wildman–Crippen MR) is 142 cm³/mol. The molecule has 3 aromatic rings. The second-order valence-electron chi connectivity index (χ2n) is 8.92. The average Bonchev–Trinajstić information content (AvgIpc) is 3.46. The number of likely N-dealkylation sites (tertiary alicyclic amines) is 1. The van der Waals surface area contributed by atoms with Crippen LogP contribution in [0.25, 0.3) is 0 Å². The molecule has 39 heavy (non-hydrogen) atoms. The highest BCUT2D eigenvalue weighted by Crippen LogP contribution is 2.24. The van der Waals surface area contributed by atoms with Crippen molar-refractivity contribution in [2.45, 2.75) is 24.9 Å². The molecule has 0 spiro atoms. The van der Waals surface area contributed by atoms with Gasteiger partial charge in [-0.25, -0.2) is 4.39 Å². The molecule has 1 aliphatic heterocycles. The fraction of sp³-hybridized carbons (Fsp3) is 0.276. The lowest BCUT2D eigenvalue weighted by Crippen LogP contribution is -2.49. The molecule has 10 heteroatoms. The smallest absolute Gasteiger partial charge is 0.261 e. The maximum Gasteiger partial charge on any atom is 0.261 e. The molecular formula is C29H30FN3O6. The van der Waals surface area contributed by atoms with E-state index in [0.717, 1.165) is 0 Å². The number of halogens is 1. The van der Waals surface area contributed by atoms with Crippen LogP contribution in [-0.2, 0) is 14.4 Å². The molecule has 1 heterocycles. The highest BCUT2D eigenvalue weighted by atomic mass is 19.1. The van der Waals surface area contributed by atoms with Gasteiger partial charge in [-0.1, -0.05) is 12.1 Å². The third kappa shape index (κ3) is 7.04. The number of hydrogen-bond acceptors (Lipinski definition) is 6. The summed E-state index contributed by atoms with van der Waals surface area (Å²) in [5.41, 5.74) is 1.08. The van der Waals surface area contributed by atoms with E-state index in [9.17, 15) is 18.8 Å². The van der Waals surface area contributed by atoms with Crippen LogP contribution in [0.5, 0.6) is 17.2 Å². The Morgan fingerprint density at radius 1 is 0.897 bits per heavy atom. The Bertz CT molecular complexity index is 1280. The summed E-state index contributed by atoms with van der Waals surface area (Å²) >= 11 is 0. The van der Waals surface area contributed by atoms with Crippen molar-refractivity contribution in [3.63, 3.8) is 0 Å². The van der Waals surface area contributed by atoms with Crippen LogP contribution in [0.2, 0.25) is 0 Å². The van der Waals surface area contributed by atoms with Crippen molar-refractivity contribution in [2.75, 3.05) is 32.7 Å². The van der Waals surface area contributed by atoms with Gasteiger partial charge in [0.1, 0.15) is 35.1 Å². The topological polar surface area (TPSA) is 106 Å². The Balaban J connectivity index is 1.47. The van der Waals surface area contributed by atoms with Crippen molar-refractivity contribution >= 4 is 23.4 Å². The van der Waals surface area contributed by atoms with Gasteiger partial charge in [-0.15, -0.1) is 0 Å². The third-order valence-corrected chi connectivity index (χ3v) is 6.41. The largest absolute Gasteiger partial charge is 0.497 e. The molecule has 4 rings (SSSR count). The number of hydrogen-bond donors (Lipinski definition) is 2. The van der Waals surface area contributed by atoms with E-state index in [4.69, 9.17) is 14.2 Å². The van der Waals surface area contributed by atoms with Gasteiger partial charge < -0.3 is 29.7 Å². The number of nitrogens with zero attached hydrogens (tertiary/aromatic N) is 1. The summed E-state index contributed by atoms with van der Waals surface area (Å²) in [5, 5.41) is 5.65. The first-order valence-corrected chi connectivity index (χ1v) is 12.4. The van der Waals surface area contributed by atoms with E-state index in [2.05, 4.69) is 10.6 Å². The van der Waals surface area contributed by atoms with E-state index in [1.165, 1.54) is 36.3 Å². The summed E-state index contributed by atoms with van der Waals surface area (Å²) in [6.45, 7) is 0.0875. The average molecular weight is 536 g/mol. The van der Waals surface area contributed by atoms with Crippen molar-refractivity contribution in [1.29, 1.82) is 0 Å². The molecule has 3 amide bonds. The van der Waals surface area contributed by atoms with Crippen LogP contribution in [0.15, 0.2) is 72.8 Å². The summed E-state index contributed by atoms with van der Waals surface area (Å²) in [7, 11) is 3.09. The highest BCUT2D eigenvalue weighted by Gasteiger charge is 2.36. The summed E-state index contributed by atoms with van der Waals surface area (Å²) in [4.78, 5) is 41.1. The number of carbonyl (C=O) groups is 3. The lowest BCUT2D eigenvalue weighted by molar-refractivity contribution is -0.140. The van der Waals surface area contributed by atoms with Crippen LogP contribution in [-0.4, -0.2) is 56.0 Å². The van der Waals surface area contributed by atoms with E-state index in [1.807, 2.05) is 0 Å². The molecule has 2 N–H and O–H groups in total. The van der Waals surface area contributed by atoms with E-state index < -0.39 is 29.7 Å². The number of methoxy groups -OCH3 is 2. The number of amides is 3. The van der Waals surface area contributed by atoms with Gasteiger partial charge in [0.2, 0.25) is 5.91 Å². The molecular weight excluding hydrogens is 505 g/mol. The minimum atomic E-state index is -1.03. The zero-order chi connectivity index (χ0) is 27.8. The van der Waals surface area contributed by atoms with Crippen LogP contribution >= 0.6 is 0 Å². The Kier molecular flexibility index (Phi) is 8.98. The monoisotopic (exact) mass is 535 g/mol. The number of ether oxygens (including phenoxy) is 3. The van der Waals surface area contributed by atoms with E-state index >= 15 is 0 Å². The van der Waals surface area contributed by atoms with Gasteiger partial charge >= 0.3 is 0 Å². The molecule has 0 aromatic heterocycles. The number of anilines is 1. The number of nitrogens with one attached hydrogen (secondary N) is 2. The standard InChI is InChI=1S/C29H30FN3O6/c1-37-22-11-5-19(6-12-22)27(29(36)31-21-9-15-23(38-2)16-10-21)32-28(35)25-4-3-17-33(25)26(34)18-39-24-13-7-20(30)8-14-24/h5-16,25,27H,3-4,17-18H2,1-2H3,(H,31,36)(H,32,35)/t25-,27-/m0/s1. The number of carbonyl (C=O) groups excluding carboxylic acids is 3. The molecule has 0 bridgehead atoms. The van der Waals surface area contributed by atoms with Crippen LogP contribution in [0.3, 0.4) is 0 Å². The zero-order valence-electron chi connectivity index (χ0n) is 21.7. The van der Waals surface area contributed by atoms with Gasteiger partial charge in [-0.2, -0.15) is 0 Å². The molecule has 0 unspecified atom stereocenters. The first kappa shape index (κ1) is 27.4. The van der Waals surface area contributed by atoms with Crippen molar-refractivity contribution in [2.24, 2.45) is 0 Å². The van der Waals surface area contributed by atoms with Crippen LogP contribution < -0.4 is 24.8 Å². The molecule has 3 aromatic carbocycles. The van der Waals surface area contributed by atoms with Crippen molar-refractivity contribution in [1.82, 2.24) is 10.2 Å². The lowest BCUT2D eigenvalue weighted by atomic mass is 10.0. The fourth-order valence-corrected chi connectivity index (χ4v) is 4.32. The SMILES string of the molecule is COc1ccc(NC(=O)[C@@H](NC(=O)[C@@H]2CCCN2C(=O)COc2ccc(F)cc2)c2ccc(OC)cc2)cc1. The molecule has 0 aliphatic carbocycles. The molecule has 2 atom stereocenters. The van der Waals surface area contributed by atoms with E-state index in [1.54, 1.807) is 55.6 Å². The summed E-state index contributed by atoms with van der Waals surface area (Å²) in [6.07, 6.45) is 1.08. The van der Waals surface area contributed by atoms with E-state index in [-0.39, 0.29) is 12.5 Å². The zero-order valence-corrected chi connectivity index (χ0v) is 21.7. The quantitative estimate of drug-likeness (QED) is 0.410. The minimum absolute atomic E-state index is 0.296. The summed E-state index contributed by atoms with van der Waals surface area (Å²) in [6, 6.07) is 17.2. The maximum absolute atomic E-state index is 13.4. The summed E-state index contributed by atoms with van der Waals surface area (Å²) < 4.78 is 29.0. The number of rotatable bonds is 10. The molecule has 1 aliphatic rings. The van der Waals surface area contributed by atoms with Crippen molar-refractivity contribution in [3.05, 3.63) is 84.2 Å². The van der Waals surface area contributed by atoms with Gasteiger partial charge in [0.25, 0.3) is 11.8 Å². The van der Waals surface area contributed by atoms with Gasteiger partial charge in [0.15, 0.2) is 6.61 Å². The molecule has 9 nitrogen and oxygen atoms in total. The summed E-state index contributed by atoms with van der Waals surface area (Å²) in [5.74, 6) is -0.0918. The molecule has 1 saturated heterocycles. The van der Waals surface area contributed by atoms with Gasteiger partial charge in [-0.3, -0.25) is 14.4 Å². The second-order valence-corrected chi connectivity index (χ2v) is 8.92. The van der Waals surface area contributed by atoms with E-state index in [0.29, 0.717) is 47.9 Å². The molecule has 0 saturated carbocycles. The molecule has 204 valence electrons. The van der Waals surface area contributed by atoms with Crippen LogP contribution in [0.1, 0.15) is 24.4 Å². The fourth-order valence-electron chi connectivity index (χ4n) is 4.32. The Morgan fingerprint density at radius 2 is 1.49 bits per heavy atom. The van der Waals surface area contributed by atoms with Crippen LogP contribution in [0.4, 0.5) is 10.1 Å².